The van der Waals surface area contributed by atoms with Crippen molar-refractivity contribution in [3.8, 4) is 0 Å². The number of carbonyl (C=O) groups is 1. The Bertz CT molecular complexity index is 311. The average molecular weight is 207 g/mol. The van der Waals surface area contributed by atoms with Gasteiger partial charge >= 0.3 is 0 Å². The third-order valence-corrected chi connectivity index (χ3v) is 2.55. The third-order valence-electron chi connectivity index (χ3n) is 2.55. The van der Waals surface area contributed by atoms with Crippen LogP contribution in [0.25, 0.3) is 0 Å². The second-order valence-corrected chi connectivity index (χ2v) is 3.67. The number of nitrogens with two attached hydrogens (primary N) is 1. The van der Waals surface area contributed by atoms with Crippen LogP contribution in [-0.4, -0.2) is 17.1 Å². The summed E-state index contributed by atoms with van der Waals surface area (Å²) in [5.74, 6) is -0.925. The monoisotopic (exact) mass is 207 g/mol. The molecule has 0 aliphatic carbocycles. The standard InChI is InChI=1S/C12H17NO2/c1-2-11(14)10(12(13)15)8-9-6-4-3-5-7-9/h3-7,10-11,14H,2,8H2,1H3,(H2,13,15)/t10-,11+/m1/s1. The average Bonchev–Trinajstić information content (AvgIpc) is 2.26. The molecule has 3 N–H and O–H groups in total. The number of aliphatic hydroxyl groups excluding tert-OH is 1. The lowest BCUT2D eigenvalue weighted by atomic mass is 9.92. The van der Waals surface area contributed by atoms with Gasteiger partial charge in [-0.3, -0.25) is 4.79 Å². The largest absolute Gasteiger partial charge is 0.392 e. The minimum atomic E-state index is -0.650. The lowest BCUT2D eigenvalue weighted by Gasteiger charge is -2.18. The molecule has 0 saturated carbocycles. The molecule has 1 aromatic rings. The summed E-state index contributed by atoms with van der Waals surface area (Å²) in [5.41, 5.74) is 6.28. The summed E-state index contributed by atoms with van der Waals surface area (Å²) >= 11 is 0. The third kappa shape index (κ3) is 3.36. The lowest BCUT2D eigenvalue weighted by molar-refractivity contribution is -0.125. The molecule has 0 unspecified atom stereocenters. The van der Waals surface area contributed by atoms with E-state index < -0.39 is 17.9 Å². The van der Waals surface area contributed by atoms with Crippen LogP contribution in [0.3, 0.4) is 0 Å². The van der Waals surface area contributed by atoms with E-state index in [1.54, 1.807) is 0 Å². The number of rotatable bonds is 5. The van der Waals surface area contributed by atoms with Crippen LogP contribution in [-0.2, 0) is 11.2 Å². The summed E-state index contributed by atoms with van der Waals surface area (Å²) in [4.78, 5) is 11.2. The molecule has 3 heteroatoms. The number of hydrogen-bond acceptors (Lipinski definition) is 2. The van der Waals surface area contributed by atoms with Crippen LogP contribution < -0.4 is 5.73 Å². The van der Waals surface area contributed by atoms with Crippen LogP contribution in [0.4, 0.5) is 0 Å². The van der Waals surface area contributed by atoms with Gasteiger partial charge in [-0.25, -0.2) is 0 Å². The molecule has 0 aliphatic rings. The van der Waals surface area contributed by atoms with E-state index in [4.69, 9.17) is 5.73 Å². The second-order valence-electron chi connectivity index (χ2n) is 3.67. The fourth-order valence-corrected chi connectivity index (χ4v) is 1.58. The van der Waals surface area contributed by atoms with Crippen LogP contribution in [0.1, 0.15) is 18.9 Å². The second kappa shape index (κ2) is 5.51. The topological polar surface area (TPSA) is 63.3 Å². The SMILES string of the molecule is CC[C@H](O)[C@@H](Cc1ccccc1)C(N)=O. The quantitative estimate of drug-likeness (QED) is 0.759. The molecule has 0 bridgehead atoms. The van der Waals surface area contributed by atoms with E-state index in [0.717, 1.165) is 5.56 Å². The zero-order valence-electron chi connectivity index (χ0n) is 8.89. The van der Waals surface area contributed by atoms with Crippen molar-refractivity contribution < 1.29 is 9.90 Å². The van der Waals surface area contributed by atoms with Gasteiger partial charge in [-0.05, 0) is 18.4 Å². The van der Waals surface area contributed by atoms with Gasteiger partial charge in [0.15, 0.2) is 0 Å². The van der Waals surface area contributed by atoms with Gasteiger partial charge < -0.3 is 10.8 Å². The summed E-state index contributed by atoms with van der Waals surface area (Å²) in [6.45, 7) is 1.84. The Hall–Kier alpha value is -1.35. The number of carbonyl (C=O) groups excluding carboxylic acids is 1. The number of amides is 1. The molecule has 0 heterocycles. The van der Waals surface area contributed by atoms with E-state index >= 15 is 0 Å². The first-order chi connectivity index (χ1) is 7.15. The van der Waals surface area contributed by atoms with Crippen molar-refractivity contribution in [2.24, 2.45) is 11.7 Å². The van der Waals surface area contributed by atoms with Gasteiger partial charge in [0, 0.05) is 0 Å². The van der Waals surface area contributed by atoms with Crippen molar-refractivity contribution in [1.29, 1.82) is 0 Å². The predicted molar refractivity (Wildman–Crippen MR) is 59.1 cm³/mol. The number of primary amides is 1. The molecule has 15 heavy (non-hydrogen) atoms. The highest BCUT2D eigenvalue weighted by Gasteiger charge is 2.23. The first-order valence-corrected chi connectivity index (χ1v) is 5.16. The molecular weight excluding hydrogens is 190 g/mol. The van der Waals surface area contributed by atoms with Crippen molar-refractivity contribution in [3.05, 3.63) is 35.9 Å². The summed E-state index contributed by atoms with van der Waals surface area (Å²) < 4.78 is 0. The normalized spacial score (nSPS) is 14.5. The highest BCUT2D eigenvalue weighted by atomic mass is 16.3. The maximum atomic E-state index is 11.2. The Kier molecular flexibility index (Phi) is 4.31. The number of hydrogen-bond donors (Lipinski definition) is 2. The number of aliphatic hydroxyl groups is 1. The van der Waals surface area contributed by atoms with Crippen molar-refractivity contribution in [2.45, 2.75) is 25.9 Å². The van der Waals surface area contributed by atoms with Crippen molar-refractivity contribution >= 4 is 5.91 Å². The zero-order chi connectivity index (χ0) is 11.3. The van der Waals surface area contributed by atoms with Crippen LogP contribution in [0.15, 0.2) is 30.3 Å². The van der Waals surface area contributed by atoms with E-state index in [1.807, 2.05) is 37.3 Å². The van der Waals surface area contributed by atoms with Crippen molar-refractivity contribution in [3.63, 3.8) is 0 Å². The van der Waals surface area contributed by atoms with Gasteiger partial charge in [0.05, 0.1) is 12.0 Å². The van der Waals surface area contributed by atoms with Crippen molar-refractivity contribution in [2.75, 3.05) is 0 Å². The minimum absolute atomic E-state index is 0.437. The summed E-state index contributed by atoms with van der Waals surface area (Å²) in [6, 6.07) is 9.59. The van der Waals surface area contributed by atoms with Crippen LogP contribution in [0.5, 0.6) is 0 Å². The summed E-state index contributed by atoms with van der Waals surface area (Å²) in [7, 11) is 0. The lowest BCUT2D eigenvalue weighted by Crippen LogP contribution is -2.34. The molecule has 1 aromatic carbocycles. The van der Waals surface area contributed by atoms with E-state index in [1.165, 1.54) is 0 Å². The van der Waals surface area contributed by atoms with Gasteiger partial charge in [-0.15, -0.1) is 0 Å². The van der Waals surface area contributed by atoms with Crippen LogP contribution >= 0.6 is 0 Å². The molecule has 0 spiro atoms. The fourth-order valence-electron chi connectivity index (χ4n) is 1.58. The van der Waals surface area contributed by atoms with Crippen molar-refractivity contribution in [1.82, 2.24) is 0 Å². The van der Waals surface area contributed by atoms with E-state index in [2.05, 4.69) is 0 Å². The predicted octanol–water partition coefficient (Wildman–Crippen LogP) is 1.10. The Labute approximate surface area is 89.9 Å². The van der Waals surface area contributed by atoms with Crippen LogP contribution in [0.2, 0.25) is 0 Å². The summed E-state index contributed by atoms with van der Waals surface area (Å²) in [5, 5.41) is 9.65. The zero-order valence-corrected chi connectivity index (χ0v) is 8.89. The molecule has 1 rings (SSSR count). The highest BCUT2D eigenvalue weighted by Crippen LogP contribution is 2.14. The Morgan fingerprint density at radius 2 is 2.00 bits per heavy atom. The molecule has 0 saturated heterocycles. The highest BCUT2D eigenvalue weighted by molar-refractivity contribution is 5.77. The van der Waals surface area contributed by atoms with Gasteiger partial charge in [0.2, 0.25) is 5.91 Å². The fraction of sp³-hybridized carbons (Fsp3) is 0.417. The Morgan fingerprint density at radius 1 is 1.40 bits per heavy atom. The van der Waals surface area contributed by atoms with E-state index in [-0.39, 0.29) is 0 Å². The molecule has 3 nitrogen and oxygen atoms in total. The molecule has 0 aromatic heterocycles. The molecule has 0 radical (unpaired) electrons. The smallest absolute Gasteiger partial charge is 0.223 e. The first kappa shape index (κ1) is 11.7. The molecule has 2 atom stereocenters. The van der Waals surface area contributed by atoms with Gasteiger partial charge in [0.1, 0.15) is 0 Å². The Balaban J connectivity index is 2.71. The van der Waals surface area contributed by atoms with Crippen LogP contribution in [0, 0.1) is 5.92 Å². The maximum Gasteiger partial charge on any atom is 0.223 e. The van der Waals surface area contributed by atoms with E-state index in [9.17, 15) is 9.90 Å². The minimum Gasteiger partial charge on any atom is -0.392 e. The number of benzene rings is 1. The summed E-state index contributed by atoms with van der Waals surface area (Å²) in [6.07, 6.45) is 0.397. The van der Waals surface area contributed by atoms with Gasteiger partial charge in [0.25, 0.3) is 0 Å². The molecule has 82 valence electrons. The molecular formula is C12H17NO2. The van der Waals surface area contributed by atoms with E-state index in [0.29, 0.717) is 12.8 Å². The van der Waals surface area contributed by atoms with Gasteiger partial charge in [-0.1, -0.05) is 37.3 Å². The Morgan fingerprint density at radius 3 is 2.47 bits per heavy atom. The van der Waals surface area contributed by atoms with Gasteiger partial charge in [-0.2, -0.15) is 0 Å². The maximum absolute atomic E-state index is 11.2. The molecule has 0 fully saturated rings. The first-order valence-electron chi connectivity index (χ1n) is 5.16. The molecule has 0 aliphatic heterocycles. The molecule has 1 amide bonds.